The van der Waals surface area contributed by atoms with Crippen LogP contribution in [0.15, 0.2) is 78.2 Å². The third-order valence-corrected chi connectivity index (χ3v) is 12.2. The maximum Gasteiger partial charge on any atom is 0.278 e. The summed E-state index contributed by atoms with van der Waals surface area (Å²) in [5.41, 5.74) is 2.97. The Hall–Kier alpha value is -6.72. The first-order valence-electron chi connectivity index (χ1n) is 20.7. The molecule has 4 aliphatic rings. The number of aromatic nitrogens is 5. The van der Waals surface area contributed by atoms with Crippen molar-refractivity contribution < 1.29 is 29.0 Å². The van der Waals surface area contributed by atoms with E-state index in [1.54, 1.807) is 29.0 Å². The van der Waals surface area contributed by atoms with E-state index in [9.17, 15) is 29.1 Å². The van der Waals surface area contributed by atoms with Gasteiger partial charge in [0.2, 0.25) is 17.8 Å². The number of nitrogens with zero attached hydrogens (tertiary/aromatic N) is 8. The zero-order valence-electron chi connectivity index (χ0n) is 33.8. The molecule has 0 bridgehead atoms. The van der Waals surface area contributed by atoms with Crippen LogP contribution >= 0.6 is 0 Å². The van der Waals surface area contributed by atoms with Gasteiger partial charge in [-0.1, -0.05) is 25.1 Å². The van der Waals surface area contributed by atoms with Crippen molar-refractivity contribution in [3.63, 3.8) is 0 Å². The Balaban J connectivity index is 0.799. The Morgan fingerprint density at radius 3 is 2.54 bits per heavy atom. The Bertz CT molecular complexity index is 2650. The van der Waals surface area contributed by atoms with Crippen molar-refractivity contribution >= 4 is 52.0 Å². The zero-order chi connectivity index (χ0) is 42.4. The molecule has 2 aromatic carbocycles. The Labute approximate surface area is 350 Å². The van der Waals surface area contributed by atoms with Crippen molar-refractivity contribution in [3.8, 4) is 11.6 Å². The molecule has 17 heteroatoms. The van der Waals surface area contributed by atoms with Crippen LogP contribution in [-0.4, -0.2) is 108 Å². The SMILES string of the molecule is C=CCn1c(=O)c2cnc(Nc3ccc(N4CCN(CCCOc5cccc6c5C(=O)N(C5CCC(=O)NC5=O)C6=O)CC4)cc3)nc2n1-c1ccc2c(n1)[C@@](O)(CC)CC2. The van der Waals surface area contributed by atoms with Crippen molar-refractivity contribution in [1.82, 2.24) is 39.4 Å². The number of ether oxygens (including phenoxy) is 1. The molecular formula is C44H46N10O7. The molecule has 4 amide bonds. The molecule has 61 heavy (non-hydrogen) atoms. The van der Waals surface area contributed by atoms with Crippen molar-refractivity contribution in [2.24, 2.45) is 0 Å². The predicted octanol–water partition coefficient (Wildman–Crippen LogP) is 3.44. The number of fused-ring (bicyclic) bond motifs is 3. The van der Waals surface area contributed by atoms with E-state index in [1.807, 2.05) is 31.2 Å². The van der Waals surface area contributed by atoms with Crippen molar-refractivity contribution in [2.75, 3.05) is 49.5 Å². The number of allylic oxidation sites excluding steroid dienone is 1. The van der Waals surface area contributed by atoms with E-state index in [-0.39, 0.29) is 36.1 Å². The number of anilines is 3. The lowest BCUT2D eigenvalue weighted by molar-refractivity contribution is -0.136. The summed E-state index contributed by atoms with van der Waals surface area (Å²) in [7, 11) is 0. The number of carbonyl (C=O) groups excluding carboxylic acids is 4. The van der Waals surface area contributed by atoms with Gasteiger partial charge in [-0.15, -0.1) is 6.58 Å². The molecule has 1 unspecified atom stereocenters. The van der Waals surface area contributed by atoms with Crippen molar-refractivity contribution in [3.05, 3.63) is 106 Å². The van der Waals surface area contributed by atoms with Gasteiger partial charge in [-0.25, -0.2) is 19.3 Å². The van der Waals surface area contributed by atoms with Gasteiger partial charge in [0.1, 0.15) is 22.8 Å². The molecule has 3 aromatic heterocycles. The fraction of sp³-hybridized carbons (Fsp3) is 0.364. The Morgan fingerprint density at radius 2 is 1.79 bits per heavy atom. The van der Waals surface area contributed by atoms with Gasteiger partial charge in [-0.3, -0.25) is 39.1 Å². The number of imide groups is 2. The van der Waals surface area contributed by atoms with E-state index in [0.29, 0.717) is 60.1 Å². The largest absolute Gasteiger partial charge is 0.493 e. The zero-order valence-corrected chi connectivity index (χ0v) is 33.8. The monoisotopic (exact) mass is 826 g/mol. The second kappa shape index (κ2) is 16.0. The highest BCUT2D eigenvalue weighted by atomic mass is 16.5. The lowest BCUT2D eigenvalue weighted by Crippen LogP contribution is -2.54. The van der Waals surface area contributed by atoms with Gasteiger partial charge in [-0.2, -0.15) is 4.98 Å². The maximum atomic E-state index is 13.5. The maximum absolute atomic E-state index is 13.5. The predicted molar refractivity (Wildman–Crippen MR) is 225 cm³/mol. The first kappa shape index (κ1) is 39.7. The average Bonchev–Trinajstić information content (AvgIpc) is 3.85. The van der Waals surface area contributed by atoms with Crippen LogP contribution in [0.2, 0.25) is 0 Å². The molecule has 2 atom stereocenters. The van der Waals surface area contributed by atoms with Crippen molar-refractivity contribution in [2.45, 2.75) is 63.6 Å². The molecule has 6 heterocycles. The number of piperazine rings is 1. The molecule has 3 N–H and O–H groups in total. The lowest BCUT2D eigenvalue weighted by atomic mass is 9.98. The number of rotatable bonds is 13. The number of amides is 4. The van der Waals surface area contributed by atoms with Gasteiger partial charge >= 0.3 is 0 Å². The molecule has 9 rings (SSSR count). The number of nitrogens with one attached hydrogen (secondary N) is 2. The quantitative estimate of drug-likeness (QED) is 0.0888. The van der Waals surface area contributed by atoms with E-state index >= 15 is 0 Å². The highest BCUT2D eigenvalue weighted by Crippen LogP contribution is 2.39. The highest BCUT2D eigenvalue weighted by Gasteiger charge is 2.46. The van der Waals surface area contributed by atoms with Gasteiger partial charge in [-0.05, 0) is 80.1 Å². The van der Waals surface area contributed by atoms with Crippen LogP contribution in [0, 0.1) is 0 Å². The molecule has 0 spiro atoms. The number of hydrogen-bond acceptors (Lipinski definition) is 13. The number of hydrogen-bond donors (Lipinski definition) is 3. The fourth-order valence-electron chi connectivity index (χ4n) is 8.80. The second-order valence-corrected chi connectivity index (χ2v) is 15.8. The van der Waals surface area contributed by atoms with Crippen LogP contribution in [-0.2, 0) is 28.2 Å². The number of pyridine rings is 1. The average molecular weight is 827 g/mol. The summed E-state index contributed by atoms with van der Waals surface area (Å²) >= 11 is 0. The highest BCUT2D eigenvalue weighted by molar-refractivity contribution is 6.24. The molecule has 17 nitrogen and oxygen atoms in total. The molecular weight excluding hydrogens is 781 g/mol. The van der Waals surface area contributed by atoms with Crippen LogP contribution in [0.1, 0.15) is 71.0 Å². The standard InChI is InChI=1S/C44H46N10O7/c1-3-19-52-40(57)31-26-45-43(49-38(31)54(52)34-15-9-27-17-18-44(60,4-2)37(27)47-34)46-28-10-12-29(13-11-28)51-23-21-50(22-24-51)20-6-25-61-33-8-5-7-30-36(33)42(59)53(41(30)58)32-14-16-35(55)48-39(32)56/h3,5,7-13,15,26,32,60H,1,4,6,14,16-25H2,2H3,(H,45,46,49)(H,48,55,56)/t32?,44-/m1/s1. The summed E-state index contributed by atoms with van der Waals surface area (Å²) in [6, 6.07) is 15.7. The first-order valence-corrected chi connectivity index (χ1v) is 20.7. The smallest absolute Gasteiger partial charge is 0.278 e. The molecule has 1 aliphatic carbocycles. The van der Waals surface area contributed by atoms with Crippen LogP contribution in [0.4, 0.5) is 17.3 Å². The molecule has 0 radical (unpaired) electrons. The van der Waals surface area contributed by atoms with Crippen LogP contribution in [0.25, 0.3) is 16.9 Å². The number of benzene rings is 2. The number of aliphatic hydroxyl groups is 1. The van der Waals surface area contributed by atoms with Crippen molar-refractivity contribution in [1.29, 1.82) is 0 Å². The lowest BCUT2D eigenvalue weighted by Gasteiger charge is -2.36. The minimum absolute atomic E-state index is 0.0577. The summed E-state index contributed by atoms with van der Waals surface area (Å²) in [5, 5.41) is 17.1. The summed E-state index contributed by atoms with van der Waals surface area (Å²) in [6.45, 7) is 10.5. The fourth-order valence-corrected chi connectivity index (χ4v) is 8.80. The topological polar surface area (TPSA) is 197 Å². The van der Waals surface area contributed by atoms with Gasteiger partial charge in [0.25, 0.3) is 17.4 Å². The molecule has 314 valence electrons. The molecule has 2 saturated heterocycles. The molecule has 0 saturated carbocycles. The minimum atomic E-state index is -1.03. The van der Waals surface area contributed by atoms with Gasteiger partial charge < -0.3 is 20.1 Å². The normalized spacial score (nSPS) is 20.3. The minimum Gasteiger partial charge on any atom is -0.493 e. The van der Waals surface area contributed by atoms with Crippen LogP contribution in [0.3, 0.4) is 0 Å². The van der Waals surface area contributed by atoms with E-state index in [4.69, 9.17) is 14.7 Å². The van der Waals surface area contributed by atoms with Gasteiger partial charge in [0.05, 0.1) is 30.0 Å². The molecule has 5 aromatic rings. The number of piperidine rings is 1. The third-order valence-electron chi connectivity index (χ3n) is 12.2. The van der Waals surface area contributed by atoms with E-state index in [0.717, 1.165) is 61.0 Å². The van der Waals surface area contributed by atoms with Gasteiger partial charge in [0.15, 0.2) is 11.5 Å². The van der Waals surface area contributed by atoms with E-state index in [2.05, 4.69) is 44.1 Å². The summed E-state index contributed by atoms with van der Waals surface area (Å²) in [4.78, 5) is 83.9. The van der Waals surface area contributed by atoms with E-state index in [1.165, 1.54) is 10.9 Å². The molecule has 2 fully saturated rings. The number of carbonyl (C=O) groups is 4. The second-order valence-electron chi connectivity index (χ2n) is 15.8. The van der Waals surface area contributed by atoms with E-state index < -0.39 is 35.3 Å². The summed E-state index contributed by atoms with van der Waals surface area (Å²) < 4.78 is 9.24. The summed E-state index contributed by atoms with van der Waals surface area (Å²) in [6.07, 6.45) is 5.92. The van der Waals surface area contributed by atoms with Crippen LogP contribution < -0.4 is 25.8 Å². The van der Waals surface area contributed by atoms with Crippen LogP contribution in [0.5, 0.6) is 5.75 Å². The Morgan fingerprint density at radius 1 is 0.984 bits per heavy atom. The summed E-state index contributed by atoms with van der Waals surface area (Å²) in [5.74, 6) is -1.10. The third kappa shape index (κ3) is 7.22. The molecule has 3 aliphatic heterocycles. The number of aryl methyl sites for hydroxylation is 1. The van der Waals surface area contributed by atoms with Gasteiger partial charge in [0, 0.05) is 56.7 Å². The first-order chi connectivity index (χ1) is 29.6. The Kier molecular flexibility index (Phi) is 10.4.